The molecule has 3 rings (SSSR count). The third-order valence-electron chi connectivity index (χ3n) is 4.62. The molecule has 0 spiro atoms. The van der Waals surface area contributed by atoms with E-state index in [-0.39, 0.29) is 14.8 Å². The minimum absolute atomic E-state index is 0.0418. The molecule has 31 heavy (non-hydrogen) atoms. The number of anilines is 1. The molecule has 2 aromatic carbocycles. The maximum atomic E-state index is 12.6. The Morgan fingerprint density at radius 1 is 1.16 bits per heavy atom. The van der Waals surface area contributed by atoms with Crippen molar-refractivity contribution in [3.8, 4) is 0 Å². The predicted octanol–water partition coefficient (Wildman–Crippen LogP) is 4.30. The summed E-state index contributed by atoms with van der Waals surface area (Å²) >= 11 is 7.49. The van der Waals surface area contributed by atoms with Crippen LogP contribution in [0.15, 0.2) is 47.4 Å². The molecule has 1 heterocycles. The summed E-state index contributed by atoms with van der Waals surface area (Å²) in [4.78, 5) is 25.4. The van der Waals surface area contributed by atoms with E-state index < -0.39 is 28.0 Å². The fraction of sp³-hybridized carbons (Fsp3) is 0.238. The number of esters is 1. The molecule has 1 aromatic heterocycles. The molecular weight excluding hydrogens is 460 g/mol. The molecule has 0 fully saturated rings. The molecule has 0 saturated heterocycles. The van der Waals surface area contributed by atoms with E-state index in [0.29, 0.717) is 11.3 Å². The zero-order valence-corrected chi connectivity index (χ0v) is 19.7. The van der Waals surface area contributed by atoms with Crippen LogP contribution < -0.4 is 5.32 Å². The SMILES string of the molecule is Cc1ccc(S(=O)(=O)N(C)C)cc1NC(=O)C(C)OC(=O)c1sc2ccccc2c1Cl. The number of hydrogen-bond donors (Lipinski definition) is 1. The Morgan fingerprint density at radius 3 is 2.48 bits per heavy atom. The van der Waals surface area contributed by atoms with Gasteiger partial charge in [0.05, 0.1) is 9.92 Å². The Kier molecular flexibility index (Phi) is 6.70. The Bertz CT molecular complexity index is 1270. The Hall–Kier alpha value is -2.46. The Balaban J connectivity index is 1.76. The number of ether oxygens (including phenoxy) is 1. The number of thiophene rings is 1. The highest BCUT2D eigenvalue weighted by atomic mass is 35.5. The monoisotopic (exact) mass is 480 g/mol. The van der Waals surface area contributed by atoms with Crippen molar-refractivity contribution in [1.29, 1.82) is 0 Å². The first-order valence-electron chi connectivity index (χ1n) is 9.24. The quantitative estimate of drug-likeness (QED) is 0.531. The second-order valence-electron chi connectivity index (χ2n) is 7.04. The van der Waals surface area contributed by atoms with Crippen LogP contribution in [0.5, 0.6) is 0 Å². The summed E-state index contributed by atoms with van der Waals surface area (Å²) in [7, 11) is -0.812. The van der Waals surface area contributed by atoms with Crippen LogP contribution in [0.2, 0.25) is 5.02 Å². The number of aryl methyl sites for hydroxylation is 1. The van der Waals surface area contributed by atoms with Crippen molar-refractivity contribution < 1.29 is 22.7 Å². The van der Waals surface area contributed by atoms with Gasteiger partial charge in [-0.15, -0.1) is 11.3 Å². The lowest BCUT2D eigenvalue weighted by Crippen LogP contribution is -2.30. The molecule has 1 N–H and O–H groups in total. The van der Waals surface area contributed by atoms with Crippen molar-refractivity contribution in [3.63, 3.8) is 0 Å². The van der Waals surface area contributed by atoms with Crippen LogP contribution in [-0.2, 0) is 19.6 Å². The van der Waals surface area contributed by atoms with Gasteiger partial charge in [-0.2, -0.15) is 0 Å². The summed E-state index contributed by atoms with van der Waals surface area (Å²) in [6.07, 6.45) is -1.12. The molecule has 0 radical (unpaired) electrons. The van der Waals surface area contributed by atoms with Gasteiger partial charge in [0.15, 0.2) is 6.10 Å². The van der Waals surface area contributed by atoms with Gasteiger partial charge in [0.1, 0.15) is 4.88 Å². The first-order valence-corrected chi connectivity index (χ1v) is 11.9. The number of rotatable bonds is 6. The predicted molar refractivity (Wildman–Crippen MR) is 122 cm³/mol. The number of hydrogen-bond acceptors (Lipinski definition) is 6. The molecule has 1 amide bonds. The van der Waals surface area contributed by atoms with E-state index in [1.54, 1.807) is 19.1 Å². The van der Waals surface area contributed by atoms with Crippen LogP contribution in [0.3, 0.4) is 0 Å². The second-order valence-corrected chi connectivity index (χ2v) is 10.6. The Morgan fingerprint density at radius 2 is 1.84 bits per heavy atom. The summed E-state index contributed by atoms with van der Waals surface area (Å²) in [6.45, 7) is 3.17. The minimum Gasteiger partial charge on any atom is -0.448 e. The number of sulfonamides is 1. The van der Waals surface area contributed by atoms with Crippen LogP contribution in [0.1, 0.15) is 22.2 Å². The molecule has 164 valence electrons. The molecular formula is C21H21ClN2O5S2. The first kappa shape index (κ1) is 23.2. The number of nitrogens with zero attached hydrogens (tertiary/aromatic N) is 1. The van der Waals surface area contributed by atoms with Gasteiger partial charge in [-0.25, -0.2) is 17.5 Å². The van der Waals surface area contributed by atoms with E-state index in [1.165, 1.54) is 44.5 Å². The summed E-state index contributed by atoms with van der Waals surface area (Å²) in [5.74, 6) is -1.29. The largest absolute Gasteiger partial charge is 0.448 e. The summed E-state index contributed by atoms with van der Waals surface area (Å²) < 4.78 is 31.9. The molecule has 7 nitrogen and oxygen atoms in total. The lowest BCUT2D eigenvalue weighted by atomic mass is 10.2. The number of amides is 1. The van der Waals surface area contributed by atoms with Crippen LogP contribution >= 0.6 is 22.9 Å². The number of benzene rings is 2. The van der Waals surface area contributed by atoms with Gasteiger partial charge in [0.25, 0.3) is 5.91 Å². The van der Waals surface area contributed by atoms with Gasteiger partial charge in [0.2, 0.25) is 10.0 Å². The van der Waals surface area contributed by atoms with E-state index in [1.807, 2.05) is 18.2 Å². The van der Waals surface area contributed by atoms with Crippen molar-refractivity contribution in [2.24, 2.45) is 0 Å². The fourth-order valence-corrected chi connectivity index (χ4v) is 5.07. The van der Waals surface area contributed by atoms with Gasteiger partial charge < -0.3 is 10.1 Å². The molecule has 1 unspecified atom stereocenters. The van der Waals surface area contributed by atoms with Gasteiger partial charge in [0, 0.05) is 29.9 Å². The van der Waals surface area contributed by atoms with E-state index in [4.69, 9.17) is 16.3 Å². The lowest BCUT2D eigenvalue weighted by Gasteiger charge is -2.16. The number of carbonyl (C=O) groups excluding carboxylic acids is 2. The number of halogens is 1. The highest BCUT2D eigenvalue weighted by molar-refractivity contribution is 7.89. The van der Waals surface area contributed by atoms with Crippen molar-refractivity contribution in [1.82, 2.24) is 4.31 Å². The molecule has 1 atom stereocenters. The van der Waals surface area contributed by atoms with E-state index in [2.05, 4.69) is 5.32 Å². The average Bonchev–Trinajstić information content (AvgIpc) is 3.06. The van der Waals surface area contributed by atoms with Crippen molar-refractivity contribution in [2.45, 2.75) is 24.8 Å². The van der Waals surface area contributed by atoms with E-state index in [9.17, 15) is 18.0 Å². The van der Waals surface area contributed by atoms with Crippen LogP contribution in [0.4, 0.5) is 5.69 Å². The van der Waals surface area contributed by atoms with Gasteiger partial charge >= 0.3 is 5.97 Å². The number of nitrogens with one attached hydrogen (secondary N) is 1. The third-order valence-corrected chi connectivity index (χ3v) is 8.09. The van der Waals surface area contributed by atoms with Gasteiger partial charge in [-0.3, -0.25) is 4.79 Å². The van der Waals surface area contributed by atoms with Crippen molar-refractivity contribution in [3.05, 3.63) is 57.9 Å². The highest BCUT2D eigenvalue weighted by Gasteiger charge is 2.25. The normalized spacial score (nSPS) is 12.7. The van der Waals surface area contributed by atoms with Gasteiger partial charge in [-0.1, -0.05) is 35.9 Å². The van der Waals surface area contributed by atoms with Crippen LogP contribution in [-0.4, -0.2) is 44.8 Å². The Labute approximate surface area is 189 Å². The highest BCUT2D eigenvalue weighted by Crippen LogP contribution is 2.35. The maximum absolute atomic E-state index is 12.6. The minimum atomic E-state index is -3.66. The topological polar surface area (TPSA) is 92.8 Å². The fourth-order valence-electron chi connectivity index (χ4n) is 2.75. The summed E-state index contributed by atoms with van der Waals surface area (Å²) in [6, 6.07) is 11.7. The van der Waals surface area contributed by atoms with Crippen LogP contribution in [0.25, 0.3) is 10.1 Å². The lowest BCUT2D eigenvalue weighted by molar-refractivity contribution is -0.123. The third kappa shape index (κ3) is 4.74. The smallest absolute Gasteiger partial charge is 0.350 e. The molecule has 0 bridgehead atoms. The molecule has 10 heteroatoms. The summed E-state index contributed by atoms with van der Waals surface area (Å²) in [5.41, 5.74) is 0.979. The molecule has 0 saturated carbocycles. The van der Waals surface area contributed by atoms with Gasteiger partial charge in [-0.05, 0) is 37.6 Å². The molecule has 3 aromatic rings. The average molecular weight is 481 g/mol. The van der Waals surface area contributed by atoms with E-state index >= 15 is 0 Å². The first-order chi connectivity index (χ1) is 14.5. The van der Waals surface area contributed by atoms with Crippen molar-refractivity contribution in [2.75, 3.05) is 19.4 Å². The number of carbonyl (C=O) groups is 2. The number of fused-ring (bicyclic) bond motifs is 1. The zero-order valence-electron chi connectivity index (χ0n) is 17.3. The standard InChI is InChI=1S/C21H21ClN2O5S2/c1-12-9-10-14(31(27,28)24(3)4)11-16(12)23-20(25)13(2)29-21(26)19-18(22)15-7-5-6-8-17(15)30-19/h5-11,13H,1-4H3,(H,23,25). The molecule has 0 aliphatic heterocycles. The van der Waals surface area contributed by atoms with E-state index in [0.717, 1.165) is 14.4 Å². The molecule has 0 aliphatic carbocycles. The van der Waals surface area contributed by atoms with Crippen LogP contribution in [0, 0.1) is 6.92 Å². The second kappa shape index (κ2) is 8.96. The molecule has 0 aliphatic rings. The van der Waals surface area contributed by atoms with Crippen molar-refractivity contribution >= 4 is 60.6 Å². The zero-order chi connectivity index (χ0) is 22.9. The summed E-state index contributed by atoms with van der Waals surface area (Å²) in [5, 5.41) is 3.66. The maximum Gasteiger partial charge on any atom is 0.350 e.